The Labute approximate surface area is 320 Å². The minimum atomic E-state index is -1.45. The second-order valence-electron chi connectivity index (χ2n) is 14.3. The van der Waals surface area contributed by atoms with Gasteiger partial charge in [-0.25, -0.2) is 9.59 Å². The Morgan fingerprint density at radius 2 is 1.38 bits per heavy atom. The lowest BCUT2D eigenvalue weighted by Crippen LogP contribution is -2.59. The molecule has 0 bridgehead atoms. The molecule has 12 nitrogen and oxygen atoms in total. The van der Waals surface area contributed by atoms with Gasteiger partial charge in [0.05, 0.1) is 26.4 Å². The summed E-state index contributed by atoms with van der Waals surface area (Å²) in [4.78, 5) is 67.8. The number of methoxy groups -OCH3 is 1. The van der Waals surface area contributed by atoms with Crippen molar-refractivity contribution in [1.82, 2.24) is 20.9 Å². The molecule has 2 aliphatic rings. The molecular formula is C43H46N4O8. The fraction of sp³-hybridized carbons (Fsp3) is 0.326. The van der Waals surface area contributed by atoms with Crippen molar-refractivity contribution in [2.75, 3.05) is 26.8 Å². The molecule has 55 heavy (non-hydrogen) atoms. The molecule has 1 aliphatic heterocycles. The van der Waals surface area contributed by atoms with Gasteiger partial charge in [0.2, 0.25) is 17.7 Å². The van der Waals surface area contributed by atoms with Crippen LogP contribution >= 0.6 is 0 Å². The number of ether oxygens (including phenoxy) is 3. The second-order valence-corrected chi connectivity index (χ2v) is 14.3. The number of hydrogen-bond donors (Lipinski definition) is 3. The molecule has 0 radical (unpaired) electrons. The first-order chi connectivity index (χ1) is 26.5. The van der Waals surface area contributed by atoms with Crippen LogP contribution in [0.5, 0.6) is 0 Å². The summed E-state index contributed by atoms with van der Waals surface area (Å²) in [6, 6.07) is 32.8. The molecule has 0 spiro atoms. The van der Waals surface area contributed by atoms with Crippen LogP contribution in [0.4, 0.5) is 4.79 Å². The Bertz CT molecular complexity index is 1960. The van der Waals surface area contributed by atoms with E-state index in [1.165, 1.54) is 25.9 Å². The highest BCUT2D eigenvalue weighted by Gasteiger charge is 2.45. The molecule has 0 unspecified atom stereocenters. The number of esters is 1. The van der Waals surface area contributed by atoms with Crippen molar-refractivity contribution in [2.45, 2.75) is 62.9 Å². The molecule has 1 aliphatic carbocycles. The molecule has 0 saturated carbocycles. The number of nitrogens with zero attached hydrogens (tertiary/aromatic N) is 1. The summed E-state index contributed by atoms with van der Waals surface area (Å²) in [6.07, 6.45) is -0.819. The number of benzene rings is 4. The zero-order chi connectivity index (χ0) is 39.0. The summed E-state index contributed by atoms with van der Waals surface area (Å²) in [7, 11) is 1.26. The van der Waals surface area contributed by atoms with Gasteiger partial charge in [-0.15, -0.1) is 0 Å². The van der Waals surface area contributed by atoms with Gasteiger partial charge in [0.15, 0.2) is 0 Å². The highest BCUT2D eigenvalue weighted by molar-refractivity contribution is 5.95. The van der Waals surface area contributed by atoms with E-state index in [0.29, 0.717) is 6.61 Å². The van der Waals surface area contributed by atoms with Gasteiger partial charge < -0.3 is 35.1 Å². The van der Waals surface area contributed by atoms with E-state index in [1.807, 2.05) is 109 Å². The average molecular weight is 747 g/mol. The lowest BCUT2D eigenvalue weighted by molar-refractivity contribution is -0.153. The van der Waals surface area contributed by atoms with Crippen molar-refractivity contribution < 1.29 is 38.2 Å². The van der Waals surface area contributed by atoms with E-state index < -0.39 is 60.1 Å². The van der Waals surface area contributed by atoms with E-state index in [1.54, 1.807) is 0 Å². The number of carbonyl (C=O) groups is 5. The predicted molar refractivity (Wildman–Crippen MR) is 205 cm³/mol. The van der Waals surface area contributed by atoms with E-state index in [9.17, 15) is 24.0 Å². The Hall–Kier alpha value is -6.01. The van der Waals surface area contributed by atoms with Crippen LogP contribution in [0.3, 0.4) is 0 Å². The maximum atomic E-state index is 13.8. The molecule has 12 heteroatoms. The highest BCUT2D eigenvalue weighted by Crippen LogP contribution is 2.44. The normalized spacial score (nSPS) is 16.7. The van der Waals surface area contributed by atoms with E-state index in [2.05, 4.69) is 16.0 Å². The van der Waals surface area contributed by atoms with Crippen molar-refractivity contribution in [3.8, 4) is 11.1 Å². The van der Waals surface area contributed by atoms with E-state index in [4.69, 9.17) is 14.2 Å². The standard InChI is InChI=1S/C43H46N4O8/c1-43(2,41(51)47-25-30(23-37(47)40(50)53-3)54-26-29-16-8-5-9-17-29)46-38(48)24-44-39(49)36(22-28-14-6-4-7-15-28)45-42(52)55-27-35-33-20-12-10-18-31(33)32-19-11-13-21-34(32)35/h4-21,30,35-37H,22-27H2,1-3H3,(H,44,49)(H,45,52)(H,46,48)/t30-,36+,37+/m1/s1. The lowest BCUT2D eigenvalue weighted by Gasteiger charge is -2.32. The Morgan fingerprint density at radius 1 is 0.800 bits per heavy atom. The number of alkyl carbamates (subject to hydrolysis) is 1. The number of carbonyl (C=O) groups excluding carboxylic acids is 5. The lowest BCUT2D eigenvalue weighted by atomic mass is 9.98. The zero-order valence-electron chi connectivity index (χ0n) is 31.2. The molecule has 1 saturated heterocycles. The molecule has 286 valence electrons. The van der Waals surface area contributed by atoms with Crippen LogP contribution in [-0.4, -0.2) is 85.2 Å². The Morgan fingerprint density at radius 3 is 2.00 bits per heavy atom. The maximum absolute atomic E-state index is 13.8. The third kappa shape index (κ3) is 9.39. The number of rotatable bonds is 14. The van der Waals surface area contributed by atoms with Crippen LogP contribution in [0.1, 0.15) is 48.4 Å². The highest BCUT2D eigenvalue weighted by atomic mass is 16.5. The molecule has 3 atom stereocenters. The number of nitrogens with one attached hydrogen (secondary N) is 3. The third-order valence-electron chi connectivity index (χ3n) is 9.97. The average Bonchev–Trinajstić information content (AvgIpc) is 3.77. The van der Waals surface area contributed by atoms with Gasteiger partial charge >= 0.3 is 12.1 Å². The smallest absolute Gasteiger partial charge is 0.407 e. The summed E-state index contributed by atoms with van der Waals surface area (Å²) >= 11 is 0. The fourth-order valence-electron chi connectivity index (χ4n) is 7.23. The third-order valence-corrected chi connectivity index (χ3v) is 9.97. The van der Waals surface area contributed by atoms with Crippen LogP contribution in [0.25, 0.3) is 11.1 Å². The van der Waals surface area contributed by atoms with Crippen LogP contribution < -0.4 is 16.0 Å². The van der Waals surface area contributed by atoms with Gasteiger partial charge in [-0.1, -0.05) is 109 Å². The monoisotopic (exact) mass is 746 g/mol. The van der Waals surface area contributed by atoms with Crippen LogP contribution in [-0.2, 0) is 46.4 Å². The quantitative estimate of drug-likeness (QED) is 0.160. The van der Waals surface area contributed by atoms with Crippen LogP contribution in [0.2, 0.25) is 0 Å². The molecule has 1 fully saturated rings. The molecular weight excluding hydrogens is 700 g/mol. The first-order valence-electron chi connectivity index (χ1n) is 18.3. The minimum absolute atomic E-state index is 0.0683. The Balaban J connectivity index is 1.05. The molecule has 0 aromatic heterocycles. The SMILES string of the molecule is COC(=O)[C@@H]1C[C@@H](OCc2ccccc2)CN1C(=O)C(C)(C)NC(=O)CNC(=O)[C@H](Cc1ccccc1)NC(=O)OCC1c2ccccc2-c2ccccc21. The summed E-state index contributed by atoms with van der Waals surface area (Å²) in [6.45, 7) is 3.08. The maximum Gasteiger partial charge on any atom is 0.407 e. The van der Waals surface area contributed by atoms with E-state index in [0.717, 1.165) is 33.4 Å². The first-order valence-corrected chi connectivity index (χ1v) is 18.3. The van der Waals surface area contributed by atoms with Crippen molar-refractivity contribution >= 4 is 29.8 Å². The van der Waals surface area contributed by atoms with E-state index in [-0.39, 0.29) is 31.9 Å². The molecule has 6 rings (SSSR count). The molecule has 3 N–H and O–H groups in total. The van der Waals surface area contributed by atoms with Gasteiger partial charge in [-0.3, -0.25) is 14.4 Å². The van der Waals surface area contributed by atoms with Crippen LogP contribution in [0, 0.1) is 0 Å². The number of likely N-dealkylation sites (tertiary alicyclic amines) is 1. The zero-order valence-corrected chi connectivity index (χ0v) is 31.2. The predicted octanol–water partition coefficient (Wildman–Crippen LogP) is 4.51. The van der Waals surface area contributed by atoms with Gasteiger partial charge in [-0.05, 0) is 47.2 Å². The summed E-state index contributed by atoms with van der Waals surface area (Å²) in [5.74, 6) is -2.50. The van der Waals surface area contributed by atoms with Crippen molar-refractivity contribution in [3.05, 3.63) is 131 Å². The molecule has 4 aromatic carbocycles. The van der Waals surface area contributed by atoms with Gasteiger partial charge in [0.1, 0.15) is 24.2 Å². The number of fused-ring (bicyclic) bond motifs is 3. The molecule has 4 aromatic rings. The summed E-state index contributed by atoms with van der Waals surface area (Å²) in [5, 5.41) is 7.97. The van der Waals surface area contributed by atoms with E-state index >= 15 is 0 Å². The van der Waals surface area contributed by atoms with Gasteiger partial charge in [0.25, 0.3) is 0 Å². The van der Waals surface area contributed by atoms with Gasteiger partial charge in [-0.2, -0.15) is 0 Å². The topological polar surface area (TPSA) is 152 Å². The van der Waals surface area contributed by atoms with Crippen molar-refractivity contribution in [2.24, 2.45) is 0 Å². The first kappa shape index (κ1) is 38.7. The molecule has 4 amide bonds. The Kier molecular flexibility index (Phi) is 12.3. The second kappa shape index (κ2) is 17.4. The number of amides is 4. The largest absolute Gasteiger partial charge is 0.467 e. The summed E-state index contributed by atoms with van der Waals surface area (Å²) in [5.41, 5.74) is 4.60. The minimum Gasteiger partial charge on any atom is -0.467 e. The van der Waals surface area contributed by atoms with Crippen LogP contribution in [0.15, 0.2) is 109 Å². The van der Waals surface area contributed by atoms with Crippen molar-refractivity contribution in [1.29, 1.82) is 0 Å². The van der Waals surface area contributed by atoms with Gasteiger partial charge in [0, 0.05) is 25.3 Å². The van der Waals surface area contributed by atoms with Crippen molar-refractivity contribution in [3.63, 3.8) is 0 Å². The fourth-order valence-corrected chi connectivity index (χ4v) is 7.23. The molecule has 1 heterocycles. The summed E-state index contributed by atoms with van der Waals surface area (Å²) < 4.78 is 16.7. The number of hydrogen-bond acceptors (Lipinski definition) is 8.